The Kier molecular flexibility index (Phi) is 6.52. The summed E-state index contributed by atoms with van der Waals surface area (Å²) in [6.07, 6.45) is 3.37. The van der Waals surface area contributed by atoms with Crippen LogP contribution in [0, 0.1) is 0 Å². The molecule has 0 aliphatic rings. The summed E-state index contributed by atoms with van der Waals surface area (Å²) in [6, 6.07) is 20.4. The highest BCUT2D eigenvalue weighted by Crippen LogP contribution is 2.12. The van der Waals surface area contributed by atoms with Crippen LogP contribution in [0.5, 0.6) is 0 Å². The number of benzene rings is 2. The minimum Gasteiger partial charge on any atom is -0.348 e. The second kappa shape index (κ2) is 9.46. The molecule has 1 N–H and O–H groups in total. The zero-order valence-corrected chi connectivity index (χ0v) is 15.8. The molecule has 0 bridgehead atoms. The predicted octanol–water partition coefficient (Wildman–Crippen LogP) is 3.67. The number of hydrogen-bond donors (Lipinski definition) is 1. The van der Waals surface area contributed by atoms with Crippen molar-refractivity contribution in [2.24, 2.45) is 0 Å². The van der Waals surface area contributed by atoms with Crippen molar-refractivity contribution in [3.63, 3.8) is 0 Å². The molecule has 1 aromatic heterocycles. The van der Waals surface area contributed by atoms with E-state index < -0.39 is 0 Å². The number of amides is 2. The Morgan fingerprint density at radius 1 is 0.893 bits per heavy atom. The first-order valence-corrected chi connectivity index (χ1v) is 9.27. The molecule has 0 saturated carbocycles. The Balaban J connectivity index is 1.68. The van der Waals surface area contributed by atoms with Crippen LogP contribution in [0.3, 0.4) is 0 Å². The second-order valence-corrected chi connectivity index (χ2v) is 6.42. The van der Waals surface area contributed by atoms with Crippen LogP contribution in [0.4, 0.5) is 0 Å². The number of rotatable bonds is 7. The van der Waals surface area contributed by atoms with Gasteiger partial charge in [-0.1, -0.05) is 36.4 Å². The number of carbonyl (C=O) groups excluding carboxylic acids is 2. The lowest BCUT2D eigenvalue weighted by Gasteiger charge is -2.21. The Morgan fingerprint density at radius 3 is 2.32 bits per heavy atom. The molecule has 0 fully saturated rings. The van der Waals surface area contributed by atoms with E-state index in [9.17, 15) is 9.59 Å². The SMILES string of the molecule is CCN(Cc1ccccc1)C(=O)c1cccc(C(=O)NCc2ccncc2)c1. The molecular formula is C23H23N3O2. The smallest absolute Gasteiger partial charge is 0.254 e. The zero-order chi connectivity index (χ0) is 19.8. The van der Waals surface area contributed by atoms with Gasteiger partial charge in [-0.05, 0) is 48.4 Å². The third kappa shape index (κ3) is 5.04. The van der Waals surface area contributed by atoms with E-state index in [1.807, 2.05) is 49.4 Å². The minimum absolute atomic E-state index is 0.0878. The lowest BCUT2D eigenvalue weighted by molar-refractivity contribution is 0.0752. The summed E-state index contributed by atoms with van der Waals surface area (Å²) in [5.74, 6) is -0.298. The van der Waals surface area contributed by atoms with E-state index in [4.69, 9.17) is 0 Å². The van der Waals surface area contributed by atoms with Crippen LogP contribution in [0.1, 0.15) is 38.8 Å². The number of carbonyl (C=O) groups is 2. The summed E-state index contributed by atoms with van der Waals surface area (Å²) in [5, 5.41) is 2.87. The monoisotopic (exact) mass is 373 g/mol. The molecular weight excluding hydrogens is 350 g/mol. The third-order valence-electron chi connectivity index (χ3n) is 4.46. The topological polar surface area (TPSA) is 62.3 Å². The van der Waals surface area contributed by atoms with Crippen LogP contribution in [0.15, 0.2) is 79.1 Å². The molecule has 0 unspecified atom stereocenters. The van der Waals surface area contributed by atoms with E-state index in [-0.39, 0.29) is 11.8 Å². The van der Waals surface area contributed by atoms with Crippen LogP contribution in [-0.2, 0) is 13.1 Å². The maximum atomic E-state index is 12.9. The molecule has 0 aliphatic heterocycles. The molecule has 0 radical (unpaired) electrons. The fraction of sp³-hybridized carbons (Fsp3) is 0.174. The van der Waals surface area contributed by atoms with Crippen molar-refractivity contribution in [2.45, 2.75) is 20.0 Å². The molecule has 3 aromatic rings. The molecule has 142 valence electrons. The number of hydrogen-bond acceptors (Lipinski definition) is 3. The normalized spacial score (nSPS) is 10.3. The molecule has 5 nitrogen and oxygen atoms in total. The van der Waals surface area contributed by atoms with Gasteiger partial charge < -0.3 is 10.2 Å². The van der Waals surface area contributed by atoms with Crippen LogP contribution >= 0.6 is 0 Å². The molecule has 2 amide bonds. The lowest BCUT2D eigenvalue weighted by Crippen LogP contribution is -2.30. The van der Waals surface area contributed by atoms with E-state index in [0.717, 1.165) is 11.1 Å². The number of aromatic nitrogens is 1. The van der Waals surface area contributed by atoms with Gasteiger partial charge >= 0.3 is 0 Å². The van der Waals surface area contributed by atoms with Crippen LogP contribution in [-0.4, -0.2) is 28.2 Å². The molecule has 5 heteroatoms. The highest BCUT2D eigenvalue weighted by atomic mass is 16.2. The van der Waals surface area contributed by atoms with Gasteiger partial charge in [0.25, 0.3) is 11.8 Å². The van der Waals surface area contributed by atoms with E-state index in [0.29, 0.717) is 30.8 Å². The van der Waals surface area contributed by atoms with Gasteiger partial charge in [-0.25, -0.2) is 0 Å². The van der Waals surface area contributed by atoms with Gasteiger partial charge in [-0.3, -0.25) is 14.6 Å². The summed E-state index contributed by atoms with van der Waals surface area (Å²) < 4.78 is 0. The third-order valence-corrected chi connectivity index (χ3v) is 4.46. The summed E-state index contributed by atoms with van der Waals surface area (Å²) in [6.45, 7) is 3.49. The quantitative estimate of drug-likeness (QED) is 0.687. The molecule has 3 rings (SSSR count). The van der Waals surface area contributed by atoms with Gasteiger partial charge in [0.15, 0.2) is 0 Å². The summed E-state index contributed by atoms with van der Waals surface area (Å²) in [4.78, 5) is 31.1. The predicted molar refractivity (Wildman–Crippen MR) is 109 cm³/mol. The first-order valence-electron chi connectivity index (χ1n) is 9.27. The Hall–Kier alpha value is -3.47. The van der Waals surface area contributed by atoms with Crippen molar-refractivity contribution in [3.05, 3.63) is 101 Å². The molecule has 0 atom stereocenters. The number of nitrogens with one attached hydrogen (secondary N) is 1. The van der Waals surface area contributed by atoms with Crippen LogP contribution in [0.2, 0.25) is 0 Å². The Bertz CT molecular complexity index is 927. The van der Waals surface area contributed by atoms with Gasteiger partial charge in [0.2, 0.25) is 0 Å². The van der Waals surface area contributed by atoms with Crippen molar-refractivity contribution in [1.29, 1.82) is 0 Å². The maximum absolute atomic E-state index is 12.9. The summed E-state index contributed by atoms with van der Waals surface area (Å²) in [7, 11) is 0. The fourth-order valence-electron chi connectivity index (χ4n) is 2.89. The van der Waals surface area contributed by atoms with E-state index in [1.165, 1.54) is 0 Å². The standard InChI is InChI=1S/C23H23N3O2/c1-2-26(17-19-7-4-3-5-8-19)23(28)21-10-6-9-20(15-21)22(27)25-16-18-11-13-24-14-12-18/h3-15H,2,16-17H2,1H3,(H,25,27). The first kappa shape index (κ1) is 19.3. The average molecular weight is 373 g/mol. The Morgan fingerprint density at radius 2 is 1.61 bits per heavy atom. The zero-order valence-electron chi connectivity index (χ0n) is 15.8. The molecule has 1 heterocycles. The molecule has 2 aromatic carbocycles. The van der Waals surface area contributed by atoms with Crippen LogP contribution in [0.25, 0.3) is 0 Å². The average Bonchev–Trinajstić information content (AvgIpc) is 2.77. The highest BCUT2D eigenvalue weighted by Gasteiger charge is 2.16. The van der Waals surface area contributed by atoms with Crippen LogP contribution < -0.4 is 5.32 Å². The summed E-state index contributed by atoms with van der Waals surface area (Å²) in [5.41, 5.74) is 3.02. The molecule has 0 saturated heterocycles. The first-order chi connectivity index (χ1) is 13.7. The molecule has 0 spiro atoms. The van der Waals surface area contributed by atoms with E-state index in [1.54, 1.807) is 41.6 Å². The minimum atomic E-state index is -0.211. The number of nitrogens with zero attached hydrogens (tertiary/aromatic N) is 2. The molecule has 28 heavy (non-hydrogen) atoms. The van der Waals surface area contributed by atoms with Crippen molar-refractivity contribution < 1.29 is 9.59 Å². The van der Waals surface area contributed by atoms with E-state index >= 15 is 0 Å². The van der Waals surface area contributed by atoms with Gasteiger partial charge in [0.1, 0.15) is 0 Å². The maximum Gasteiger partial charge on any atom is 0.254 e. The fourth-order valence-corrected chi connectivity index (χ4v) is 2.89. The van der Waals surface area contributed by atoms with Gasteiger partial charge in [0.05, 0.1) is 0 Å². The molecule has 0 aliphatic carbocycles. The second-order valence-electron chi connectivity index (χ2n) is 6.42. The van der Waals surface area contributed by atoms with E-state index in [2.05, 4.69) is 10.3 Å². The number of pyridine rings is 1. The van der Waals surface area contributed by atoms with Crippen molar-refractivity contribution in [2.75, 3.05) is 6.54 Å². The van der Waals surface area contributed by atoms with Crippen molar-refractivity contribution in [3.8, 4) is 0 Å². The lowest BCUT2D eigenvalue weighted by atomic mass is 10.1. The highest BCUT2D eigenvalue weighted by molar-refractivity contribution is 5.99. The summed E-state index contributed by atoms with van der Waals surface area (Å²) >= 11 is 0. The van der Waals surface area contributed by atoms with Gasteiger partial charge in [-0.15, -0.1) is 0 Å². The largest absolute Gasteiger partial charge is 0.348 e. The van der Waals surface area contributed by atoms with Gasteiger partial charge in [0, 0.05) is 43.2 Å². The van der Waals surface area contributed by atoms with Crippen molar-refractivity contribution in [1.82, 2.24) is 15.2 Å². The Labute approximate surface area is 165 Å². The van der Waals surface area contributed by atoms with Gasteiger partial charge in [-0.2, -0.15) is 0 Å². The van der Waals surface area contributed by atoms with Crippen molar-refractivity contribution >= 4 is 11.8 Å².